The van der Waals surface area contributed by atoms with Crippen molar-refractivity contribution in [3.8, 4) is 0 Å². The quantitative estimate of drug-likeness (QED) is 0.817. The van der Waals surface area contributed by atoms with Crippen LogP contribution in [0.1, 0.15) is 5.56 Å². The second-order valence-corrected chi connectivity index (χ2v) is 4.59. The topological polar surface area (TPSA) is 58.6 Å². The van der Waals surface area contributed by atoms with Crippen molar-refractivity contribution in [2.45, 2.75) is 6.54 Å². The van der Waals surface area contributed by atoms with E-state index >= 15 is 0 Å². The highest BCUT2D eigenvalue weighted by Gasteiger charge is 2.23. The van der Waals surface area contributed by atoms with Gasteiger partial charge in [-0.3, -0.25) is 9.59 Å². The van der Waals surface area contributed by atoms with Crippen LogP contribution in [0.25, 0.3) is 0 Å². The molecule has 0 aliphatic carbocycles. The molecular weight excluding hydrogens is 268 g/mol. The van der Waals surface area contributed by atoms with E-state index in [4.69, 9.17) is 16.3 Å². The molecule has 2 amide bonds. The van der Waals surface area contributed by atoms with Crippen LogP contribution in [0.4, 0.5) is 0 Å². The van der Waals surface area contributed by atoms with Gasteiger partial charge < -0.3 is 15.0 Å². The first-order chi connectivity index (χ1) is 9.18. The average Bonchev–Trinajstić information content (AvgIpc) is 2.46. The fourth-order valence-corrected chi connectivity index (χ4v) is 2.01. The summed E-state index contributed by atoms with van der Waals surface area (Å²) in [6.07, 6.45) is 0. The number of morpholine rings is 1. The standard InChI is InChI=1S/C13H15ClN2O3/c14-11-4-2-1-3-10(11)9-15-12(17)13(18)16-5-7-19-8-6-16/h1-4H,5-9H2,(H,15,17). The van der Waals surface area contributed by atoms with Crippen LogP contribution in [0.3, 0.4) is 0 Å². The van der Waals surface area contributed by atoms with Gasteiger partial charge in [0.1, 0.15) is 0 Å². The third-order valence-corrected chi connectivity index (χ3v) is 3.26. The fourth-order valence-electron chi connectivity index (χ4n) is 1.80. The van der Waals surface area contributed by atoms with E-state index in [0.29, 0.717) is 31.3 Å². The molecule has 0 aromatic heterocycles. The van der Waals surface area contributed by atoms with Crippen molar-refractivity contribution in [2.24, 2.45) is 0 Å². The summed E-state index contributed by atoms with van der Waals surface area (Å²) < 4.78 is 5.13. The predicted octanol–water partition coefficient (Wildman–Crippen LogP) is 0.815. The van der Waals surface area contributed by atoms with Gasteiger partial charge in [-0.15, -0.1) is 0 Å². The van der Waals surface area contributed by atoms with E-state index in [2.05, 4.69) is 5.32 Å². The highest BCUT2D eigenvalue weighted by Crippen LogP contribution is 2.14. The molecule has 1 aliphatic heterocycles. The summed E-state index contributed by atoms with van der Waals surface area (Å²) in [4.78, 5) is 25.1. The van der Waals surface area contributed by atoms with Crippen LogP contribution in [-0.4, -0.2) is 43.0 Å². The molecule has 5 nitrogen and oxygen atoms in total. The van der Waals surface area contributed by atoms with Crippen LogP contribution in [0.2, 0.25) is 5.02 Å². The van der Waals surface area contributed by atoms with Gasteiger partial charge in [-0.05, 0) is 11.6 Å². The molecule has 1 aliphatic rings. The van der Waals surface area contributed by atoms with Gasteiger partial charge in [0.2, 0.25) is 0 Å². The molecule has 6 heteroatoms. The highest BCUT2D eigenvalue weighted by molar-refractivity contribution is 6.35. The predicted molar refractivity (Wildman–Crippen MR) is 70.7 cm³/mol. The largest absolute Gasteiger partial charge is 0.378 e. The number of nitrogens with zero attached hydrogens (tertiary/aromatic N) is 1. The Kier molecular flexibility index (Phi) is 4.76. The van der Waals surface area contributed by atoms with E-state index in [0.717, 1.165) is 5.56 Å². The molecule has 102 valence electrons. The summed E-state index contributed by atoms with van der Waals surface area (Å²) in [5.74, 6) is -1.13. The van der Waals surface area contributed by atoms with Gasteiger partial charge in [-0.25, -0.2) is 0 Å². The summed E-state index contributed by atoms with van der Waals surface area (Å²) >= 11 is 5.97. The zero-order valence-electron chi connectivity index (χ0n) is 10.4. The van der Waals surface area contributed by atoms with Crippen LogP contribution in [0, 0.1) is 0 Å². The Balaban J connectivity index is 1.87. The van der Waals surface area contributed by atoms with Crippen molar-refractivity contribution >= 4 is 23.4 Å². The van der Waals surface area contributed by atoms with Crippen LogP contribution in [0.15, 0.2) is 24.3 Å². The lowest BCUT2D eigenvalue weighted by molar-refractivity contribution is -0.148. The number of hydrogen-bond acceptors (Lipinski definition) is 3. The van der Waals surface area contributed by atoms with E-state index in [1.807, 2.05) is 18.2 Å². The first-order valence-corrected chi connectivity index (χ1v) is 6.44. The Morgan fingerprint density at radius 1 is 1.26 bits per heavy atom. The van der Waals surface area contributed by atoms with Crippen molar-refractivity contribution in [2.75, 3.05) is 26.3 Å². The van der Waals surface area contributed by atoms with E-state index in [9.17, 15) is 9.59 Å². The van der Waals surface area contributed by atoms with Gasteiger partial charge in [0.15, 0.2) is 0 Å². The number of nitrogens with one attached hydrogen (secondary N) is 1. The third kappa shape index (κ3) is 3.68. The second-order valence-electron chi connectivity index (χ2n) is 4.18. The van der Waals surface area contributed by atoms with Crippen molar-refractivity contribution in [3.05, 3.63) is 34.9 Å². The number of carbonyl (C=O) groups excluding carboxylic acids is 2. The fraction of sp³-hybridized carbons (Fsp3) is 0.385. The monoisotopic (exact) mass is 282 g/mol. The Morgan fingerprint density at radius 3 is 2.63 bits per heavy atom. The van der Waals surface area contributed by atoms with Crippen molar-refractivity contribution in [3.63, 3.8) is 0 Å². The first-order valence-electron chi connectivity index (χ1n) is 6.07. The molecule has 1 aromatic carbocycles. The molecule has 0 bridgehead atoms. The number of ether oxygens (including phenoxy) is 1. The van der Waals surface area contributed by atoms with E-state index in [1.54, 1.807) is 6.07 Å². The maximum atomic E-state index is 11.8. The Morgan fingerprint density at radius 2 is 1.95 bits per heavy atom. The molecule has 1 aromatic rings. The Bertz CT molecular complexity index is 473. The molecule has 1 N–H and O–H groups in total. The summed E-state index contributed by atoms with van der Waals surface area (Å²) in [5.41, 5.74) is 0.785. The maximum absolute atomic E-state index is 11.8. The molecule has 1 saturated heterocycles. The zero-order chi connectivity index (χ0) is 13.7. The SMILES string of the molecule is O=C(NCc1ccccc1Cl)C(=O)N1CCOCC1. The van der Waals surface area contributed by atoms with Gasteiger partial charge >= 0.3 is 11.8 Å². The first kappa shape index (κ1) is 13.8. The van der Waals surface area contributed by atoms with Crippen LogP contribution in [-0.2, 0) is 20.9 Å². The van der Waals surface area contributed by atoms with Crippen molar-refractivity contribution < 1.29 is 14.3 Å². The number of halogens is 1. The van der Waals surface area contributed by atoms with Gasteiger partial charge in [0.05, 0.1) is 13.2 Å². The highest BCUT2D eigenvalue weighted by atomic mass is 35.5. The van der Waals surface area contributed by atoms with Crippen molar-refractivity contribution in [1.29, 1.82) is 0 Å². The third-order valence-electron chi connectivity index (χ3n) is 2.89. The summed E-state index contributed by atoms with van der Waals surface area (Å²) in [7, 11) is 0. The van der Waals surface area contributed by atoms with Crippen LogP contribution < -0.4 is 5.32 Å². The summed E-state index contributed by atoms with van der Waals surface area (Å²) in [6, 6.07) is 7.19. The summed E-state index contributed by atoms with van der Waals surface area (Å²) in [6.45, 7) is 2.11. The molecule has 1 fully saturated rings. The average molecular weight is 283 g/mol. The minimum Gasteiger partial charge on any atom is -0.378 e. The molecule has 0 saturated carbocycles. The molecular formula is C13H15ClN2O3. The lowest BCUT2D eigenvalue weighted by Crippen LogP contribution is -2.47. The van der Waals surface area contributed by atoms with Crippen molar-refractivity contribution in [1.82, 2.24) is 10.2 Å². The Hall–Kier alpha value is -1.59. The number of hydrogen-bond donors (Lipinski definition) is 1. The van der Waals surface area contributed by atoms with E-state index in [1.165, 1.54) is 4.90 Å². The maximum Gasteiger partial charge on any atom is 0.312 e. The lowest BCUT2D eigenvalue weighted by atomic mass is 10.2. The van der Waals surface area contributed by atoms with Crippen LogP contribution >= 0.6 is 11.6 Å². The Labute approximate surface area is 116 Å². The van der Waals surface area contributed by atoms with Gasteiger partial charge in [-0.2, -0.15) is 0 Å². The van der Waals surface area contributed by atoms with Gasteiger partial charge in [0.25, 0.3) is 0 Å². The second kappa shape index (κ2) is 6.54. The minimum absolute atomic E-state index is 0.245. The van der Waals surface area contributed by atoms with Crippen LogP contribution in [0.5, 0.6) is 0 Å². The zero-order valence-corrected chi connectivity index (χ0v) is 11.2. The smallest absolute Gasteiger partial charge is 0.312 e. The number of amides is 2. The molecule has 19 heavy (non-hydrogen) atoms. The number of carbonyl (C=O) groups is 2. The lowest BCUT2D eigenvalue weighted by Gasteiger charge is -2.26. The molecule has 0 atom stereocenters. The number of rotatable bonds is 2. The molecule has 2 rings (SSSR count). The van der Waals surface area contributed by atoms with E-state index in [-0.39, 0.29) is 6.54 Å². The number of benzene rings is 1. The molecule has 0 radical (unpaired) electrons. The van der Waals surface area contributed by atoms with Gasteiger partial charge in [-0.1, -0.05) is 29.8 Å². The van der Waals surface area contributed by atoms with E-state index < -0.39 is 11.8 Å². The van der Waals surface area contributed by atoms with Gasteiger partial charge in [0, 0.05) is 24.7 Å². The molecule has 0 spiro atoms. The molecule has 0 unspecified atom stereocenters. The minimum atomic E-state index is -0.609. The molecule has 1 heterocycles. The summed E-state index contributed by atoms with van der Waals surface area (Å²) in [5, 5.41) is 3.15. The normalized spacial score (nSPS) is 15.1.